The van der Waals surface area contributed by atoms with E-state index in [1.165, 1.54) is 5.56 Å². The number of halogens is 1. The first kappa shape index (κ1) is 17.2. The number of likely N-dealkylation sites (tertiary alicyclic amines) is 1. The third kappa shape index (κ3) is 4.08. The molecule has 0 radical (unpaired) electrons. The van der Waals surface area contributed by atoms with Gasteiger partial charge in [0.2, 0.25) is 11.8 Å². The minimum absolute atomic E-state index is 0.0842. The minimum atomic E-state index is -0.128. The quantitative estimate of drug-likeness (QED) is 0.836. The molecule has 2 saturated heterocycles. The molecule has 2 heterocycles. The van der Waals surface area contributed by atoms with Crippen molar-refractivity contribution in [2.45, 2.75) is 19.4 Å². The van der Waals surface area contributed by atoms with Gasteiger partial charge in [-0.25, -0.2) is 0 Å². The zero-order chi connectivity index (χ0) is 17.1. The number of rotatable bonds is 3. The summed E-state index contributed by atoms with van der Waals surface area (Å²) < 4.78 is 0. The lowest BCUT2D eigenvalue weighted by molar-refractivity contribution is -0.145. The number of nitrogens with zero attached hydrogens (tertiary/aromatic N) is 3. The van der Waals surface area contributed by atoms with Crippen LogP contribution >= 0.6 is 11.6 Å². The first-order valence-corrected chi connectivity index (χ1v) is 8.90. The molecular weight excluding hydrogens is 326 g/mol. The van der Waals surface area contributed by atoms with Crippen LogP contribution in [0.4, 0.5) is 0 Å². The summed E-state index contributed by atoms with van der Waals surface area (Å²) in [5.41, 5.74) is 1.24. The summed E-state index contributed by atoms with van der Waals surface area (Å²) in [5.74, 6) is 0.111. The van der Waals surface area contributed by atoms with E-state index >= 15 is 0 Å². The molecule has 6 heteroatoms. The van der Waals surface area contributed by atoms with Crippen molar-refractivity contribution >= 4 is 23.4 Å². The lowest BCUT2D eigenvalue weighted by Gasteiger charge is -2.38. The van der Waals surface area contributed by atoms with Gasteiger partial charge in [-0.2, -0.15) is 0 Å². The molecule has 2 aliphatic rings. The maximum absolute atomic E-state index is 12.6. The van der Waals surface area contributed by atoms with E-state index in [0.29, 0.717) is 13.0 Å². The lowest BCUT2D eigenvalue weighted by atomic mass is 9.94. The maximum Gasteiger partial charge on any atom is 0.226 e. The Bertz CT molecular complexity index is 597. The summed E-state index contributed by atoms with van der Waals surface area (Å²) in [6, 6.07) is 7.91. The highest BCUT2D eigenvalue weighted by Crippen LogP contribution is 2.21. The fourth-order valence-corrected chi connectivity index (χ4v) is 3.51. The molecule has 2 aliphatic heterocycles. The fourth-order valence-electron chi connectivity index (χ4n) is 3.39. The second-order valence-electron chi connectivity index (χ2n) is 6.73. The van der Waals surface area contributed by atoms with Crippen molar-refractivity contribution in [3.8, 4) is 0 Å². The summed E-state index contributed by atoms with van der Waals surface area (Å²) in [6.45, 7) is 4.79. The van der Waals surface area contributed by atoms with E-state index in [-0.39, 0.29) is 17.7 Å². The SMILES string of the molecule is CN1CCC(C(=O)N2CCN(Cc3ccc(Cl)cc3)CC2)CC1=O. The zero-order valence-corrected chi connectivity index (χ0v) is 14.8. The molecule has 0 bridgehead atoms. The third-order valence-corrected chi connectivity index (χ3v) is 5.26. The van der Waals surface area contributed by atoms with Crippen molar-refractivity contribution in [3.63, 3.8) is 0 Å². The number of amides is 2. The predicted molar refractivity (Wildman–Crippen MR) is 93.7 cm³/mol. The molecule has 0 spiro atoms. The van der Waals surface area contributed by atoms with E-state index in [1.807, 2.05) is 29.2 Å². The van der Waals surface area contributed by atoms with Crippen LogP contribution in [0.1, 0.15) is 18.4 Å². The van der Waals surface area contributed by atoms with Crippen LogP contribution in [0.2, 0.25) is 5.02 Å². The van der Waals surface area contributed by atoms with Gasteiger partial charge in [0.05, 0.1) is 0 Å². The summed E-state index contributed by atoms with van der Waals surface area (Å²) in [6.07, 6.45) is 1.15. The highest BCUT2D eigenvalue weighted by Gasteiger charge is 2.32. The van der Waals surface area contributed by atoms with Crippen molar-refractivity contribution in [2.75, 3.05) is 39.8 Å². The second-order valence-corrected chi connectivity index (χ2v) is 7.17. The summed E-state index contributed by atoms with van der Waals surface area (Å²) in [5, 5.41) is 0.752. The van der Waals surface area contributed by atoms with Crippen molar-refractivity contribution in [2.24, 2.45) is 5.92 Å². The minimum Gasteiger partial charge on any atom is -0.346 e. The molecule has 0 saturated carbocycles. The summed E-state index contributed by atoms with van der Waals surface area (Å²) >= 11 is 5.92. The van der Waals surface area contributed by atoms with E-state index in [9.17, 15) is 9.59 Å². The van der Waals surface area contributed by atoms with Crippen LogP contribution in [0.25, 0.3) is 0 Å². The average molecular weight is 350 g/mol. The maximum atomic E-state index is 12.6. The Labute approximate surface area is 148 Å². The number of benzene rings is 1. The van der Waals surface area contributed by atoms with Crippen molar-refractivity contribution in [1.29, 1.82) is 0 Å². The van der Waals surface area contributed by atoms with Gasteiger partial charge in [-0.3, -0.25) is 14.5 Å². The van der Waals surface area contributed by atoms with Crippen molar-refractivity contribution in [3.05, 3.63) is 34.9 Å². The van der Waals surface area contributed by atoms with Crippen LogP contribution in [-0.2, 0) is 16.1 Å². The number of piperazine rings is 1. The van der Waals surface area contributed by atoms with Crippen LogP contribution in [0, 0.1) is 5.92 Å². The number of piperidine rings is 1. The van der Waals surface area contributed by atoms with Gasteiger partial charge in [0.15, 0.2) is 0 Å². The highest BCUT2D eigenvalue weighted by atomic mass is 35.5. The lowest BCUT2D eigenvalue weighted by Crippen LogP contribution is -2.51. The van der Waals surface area contributed by atoms with E-state index < -0.39 is 0 Å². The Hall–Kier alpha value is -1.59. The molecule has 1 unspecified atom stereocenters. The van der Waals surface area contributed by atoms with E-state index in [1.54, 1.807) is 11.9 Å². The largest absolute Gasteiger partial charge is 0.346 e. The zero-order valence-electron chi connectivity index (χ0n) is 14.1. The Kier molecular flexibility index (Phi) is 5.41. The fraction of sp³-hybridized carbons (Fsp3) is 0.556. The van der Waals surface area contributed by atoms with Gasteiger partial charge < -0.3 is 9.80 Å². The number of hydrogen-bond donors (Lipinski definition) is 0. The smallest absolute Gasteiger partial charge is 0.226 e. The number of carbonyl (C=O) groups is 2. The van der Waals surface area contributed by atoms with Gasteiger partial charge in [0.1, 0.15) is 0 Å². The molecule has 130 valence electrons. The van der Waals surface area contributed by atoms with E-state index in [4.69, 9.17) is 11.6 Å². The Morgan fingerprint density at radius 3 is 2.42 bits per heavy atom. The molecule has 1 aromatic rings. The first-order chi connectivity index (χ1) is 11.5. The molecule has 1 aromatic carbocycles. The molecule has 0 aliphatic carbocycles. The van der Waals surface area contributed by atoms with Crippen LogP contribution in [-0.4, -0.2) is 66.3 Å². The molecular formula is C18H24ClN3O2. The second kappa shape index (κ2) is 7.53. The molecule has 24 heavy (non-hydrogen) atoms. The Morgan fingerprint density at radius 2 is 1.79 bits per heavy atom. The molecule has 3 rings (SSSR count). The first-order valence-electron chi connectivity index (χ1n) is 8.52. The Morgan fingerprint density at radius 1 is 1.12 bits per heavy atom. The topological polar surface area (TPSA) is 43.9 Å². The van der Waals surface area contributed by atoms with Gasteiger partial charge in [0.25, 0.3) is 0 Å². The average Bonchev–Trinajstić information content (AvgIpc) is 2.59. The predicted octanol–water partition coefficient (Wildman–Crippen LogP) is 1.85. The summed E-state index contributed by atoms with van der Waals surface area (Å²) in [7, 11) is 1.80. The molecule has 2 fully saturated rings. The van der Waals surface area contributed by atoms with Crippen LogP contribution in [0.5, 0.6) is 0 Å². The standard InChI is InChI=1S/C18H24ClN3O2/c1-20-7-6-15(12-17(20)23)18(24)22-10-8-21(9-11-22)13-14-2-4-16(19)5-3-14/h2-5,15H,6-13H2,1H3. The van der Waals surface area contributed by atoms with Crippen molar-refractivity contribution in [1.82, 2.24) is 14.7 Å². The molecule has 1 atom stereocenters. The van der Waals surface area contributed by atoms with Gasteiger partial charge in [-0.05, 0) is 24.1 Å². The van der Waals surface area contributed by atoms with Crippen molar-refractivity contribution < 1.29 is 9.59 Å². The molecule has 2 amide bonds. The number of hydrogen-bond acceptors (Lipinski definition) is 3. The van der Waals surface area contributed by atoms with Gasteiger partial charge in [-0.1, -0.05) is 23.7 Å². The highest BCUT2D eigenvalue weighted by molar-refractivity contribution is 6.30. The third-order valence-electron chi connectivity index (χ3n) is 5.01. The van der Waals surface area contributed by atoms with E-state index in [0.717, 1.165) is 44.2 Å². The molecule has 5 nitrogen and oxygen atoms in total. The van der Waals surface area contributed by atoms with Gasteiger partial charge in [0, 0.05) is 63.7 Å². The van der Waals surface area contributed by atoms with Crippen LogP contribution in [0.3, 0.4) is 0 Å². The monoisotopic (exact) mass is 349 g/mol. The number of carbonyl (C=O) groups excluding carboxylic acids is 2. The molecule has 0 aromatic heterocycles. The summed E-state index contributed by atoms with van der Waals surface area (Å²) in [4.78, 5) is 30.4. The van der Waals surface area contributed by atoms with Gasteiger partial charge >= 0.3 is 0 Å². The van der Waals surface area contributed by atoms with Crippen LogP contribution in [0.15, 0.2) is 24.3 Å². The van der Waals surface area contributed by atoms with E-state index in [2.05, 4.69) is 4.90 Å². The van der Waals surface area contributed by atoms with Crippen LogP contribution < -0.4 is 0 Å². The molecule has 0 N–H and O–H groups in total. The van der Waals surface area contributed by atoms with Gasteiger partial charge in [-0.15, -0.1) is 0 Å². The Balaban J connectivity index is 1.48. The normalized spacial score (nSPS) is 22.8.